The second kappa shape index (κ2) is 7.69. The Bertz CT molecular complexity index is 1020. The number of aromatic nitrogens is 2. The number of sulfonamides is 1. The molecule has 30 heavy (non-hydrogen) atoms. The van der Waals surface area contributed by atoms with Crippen LogP contribution in [-0.4, -0.2) is 59.5 Å². The van der Waals surface area contributed by atoms with Gasteiger partial charge in [-0.15, -0.1) is 0 Å². The SMILES string of the molecule is O=C(c1cc2n(n1)CCCC2)N1CCN(S(=O)(=O)c2ccc(C(F)(F)F)cc2)CC1. The molecule has 0 saturated carbocycles. The molecule has 0 aliphatic carbocycles. The van der Waals surface area contributed by atoms with Gasteiger partial charge >= 0.3 is 6.18 Å². The third kappa shape index (κ3) is 3.95. The van der Waals surface area contributed by atoms with E-state index >= 15 is 0 Å². The zero-order chi connectivity index (χ0) is 21.5. The molecule has 0 N–H and O–H groups in total. The molecule has 3 heterocycles. The van der Waals surface area contributed by atoms with Gasteiger partial charge in [0.05, 0.1) is 10.5 Å². The highest BCUT2D eigenvalue weighted by atomic mass is 32.2. The van der Waals surface area contributed by atoms with Gasteiger partial charge in [0, 0.05) is 38.4 Å². The quantitative estimate of drug-likeness (QED) is 0.732. The number of amides is 1. The topological polar surface area (TPSA) is 75.5 Å². The number of nitrogens with zero attached hydrogens (tertiary/aromatic N) is 4. The highest BCUT2D eigenvalue weighted by Crippen LogP contribution is 2.30. The summed E-state index contributed by atoms with van der Waals surface area (Å²) in [5.41, 5.74) is 0.499. The first kappa shape index (κ1) is 20.9. The fourth-order valence-corrected chi connectivity index (χ4v) is 5.20. The Hall–Kier alpha value is -2.40. The van der Waals surface area contributed by atoms with E-state index in [-0.39, 0.29) is 37.0 Å². The molecular formula is C19H21F3N4O3S. The summed E-state index contributed by atoms with van der Waals surface area (Å²) in [6.45, 7) is 1.33. The number of rotatable bonds is 3. The fourth-order valence-electron chi connectivity index (χ4n) is 3.78. The standard InChI is InChI=1S/C19H21F3N4O3S/c20-19(21,22)14-4-6-16(7-5-14)30(28,29)25-11-9-24(10-12-25)18(27)17-13-15-3-1-2-8-26(15)23-17/h4-7,13H,1-3,8-12H2. The van der Waals surface area contributed by atoms with Gasteiger partial charge in [0.25, 0.3) is 5.91 Å². The molecule has 2 aliphatic heterocycles. The van der Waals surface area contributed by atoms with Crippen LogP contribution in [0.1, 0.15) is 34.6 Å². The molecule has 1 amide bonds. The van der Waals surface area contributed by atoms with Crippen molar-refractivity contribution in [2.24, 2.45) is 0 Å². The normalized spacial score (nSPS) is 18.3. The molecule has 1 saturated heterocycles. The van der Waals surface area contributed by atoms with Crippen LogP contribution in [0.4, 0.5) is 13.2 Å². The van der Waals surface area contributed by atoms with Crippen LogP contribution in [0.2, 0.25) is 0 Å². The maximum absolute atomic E-state index is 12.8. The van der Waals surface area contributed by atoms with E-state index in [0.717, 1.165) is 55.8 Å². The van der Waals surface area contributed by atoms with Crippen LogP contribution in [0, 0.1) is 0 Å². The molecule has 162 valence electrons. The van der Waals surface area contributed by atoms with Crippen LogP contribution in [-0.2, 0) is 29.2 Å². The fraction of sp³-hybridized carbons (Fsp3) is 0.474. The van der Waals surface area contributed by atoms with Gasteiger partial charge in [-0.1, -0.05) is 0 Å². The number of hydrogen-bond acceptors (Lipinski definition) is 4. The van der Waals surface area contributed by atoms with E-state index in [1.807, 2.05) is 4.68 Å². The molecule has 0 bridgehead atoms. The van der Waals surface area contributed by atoms with E-state index in [4.69, 9.17) is 0 Å². The molecule has 0 unspecified atom stereocenters. The number of carbonyl (C=O) groups excluding carboxylic acids is 1. The molecule has 0 spiro atoms. The molecule has 1 fully saturated rings. The largest absolute Gasteiger partial charge is 0.416 e. The van der Waals surface area contributed by atoms with Crippen LogP contribution in [0.5, 0.6) is 0 Å². The first-order valence-electron chi connectivity index (χ1n) is 9.70. The van der Waals surface area contributed by atoms with Crippen LogP contribution in [0.25, 0.3) is 0 Å². The summed E-state index contributed by atoms with van der Waals surface area (Å²) in [5.74, 6) is -0.233. The lowest BCUT2D eigenvalue weighted by Gasteiger charge is -2.33. The van der Waals surface area contributed by atoms with Gasteiger partial charge in [0.15, 0.2) is 5.69 Å². The second-order valence-electron chi connectivity index (χ2n) is 7.42. The van der Waals surface area contributed by atoms with Gasteiger partial charge in [-0.3, -0.25) is 9.48 Å². The zero-order valence-electron chi connectivity index (χ0n) is 16.1. The predicted octanol–water partition coefficient (Wildman–Crippen LogP) is 2.38. The second-order valence-corrected chi connectivity index (χ2v) is 9.36. The number of benzene rings is 1. The van der Waals surface area contributed by atoms with Gasteiger partial charge in [0.2, 0.25) is 10.0 Å². The van der Waals surface area contributed by atoms with Gasteiger partial charge in [-0.05, 0) is 49.6 Å². The number of hydrogen-bond donors (Lipinski definition) is 0. The van der Waals surface area contributed by atoms with Crippen LogP contribution < -0.4 is 0 Å². The Morgan fingerprint density at radius 1 is 0.967 bits per heavy atom. The highest BCUT2D eigenvalue weighted by Gasteiger charge is 2.33. The van der Waals surface area contributed by atoms with Crippen LogP contribution >= 0.6 is 0 Å². The number of alkyl halides is 3. The van der Waals surface area contributed by atoms with E-state index < -0.39 is 21.8 Å². The van der Waals surface area contributed by atoms with Crippen molar-refractivity contribution in [3.63, 3.8) is 0 Å². The summed E-state index contributed by atoms with van der Waals surface area (Å²) >= 11 is 0. The first-order chi connectivity index (χ1) is 14.2. The lowest BCUT2D eigenvalue weighted by Crippen LogP contribution is -2.50. The van der Waals surface area contributed by atoms with Crippen molar-refractivity contribution in [2.45, 2.75) is 36.9 Å². The van der Waals surface area contributed by atoms with Gasteiger partial charge in [0.1, 0.15) is 0 Å². The lowest BCUT2D eigenvalue weighted by molar-refractivity contribution is -0.137. The smallest absolute Gasteiger partial charge is 0.335 e. The molecule has 0 radical (unpaired) electrons. The molecule has 2 aromatic rings. The molecular weight excluding hydrogens is 421 g/mol. The number of carbonyl (C=O) groups is 1. The zero-order valence-corrected chi connectivity index (χ0v) is 16.9. The third-order valence-corrected chi connectivity index (χ3v) is 7.39. The van der Waals surface area contributed by atoms with E-state index in [2.05, 4.69) is 5.10 Å². The number of aryl methyl sites for hydroxylation is 2. The first-order valence-corrected chi connectivity index (χ1v) is 11.1. The number of piperazine rings is 1. The summed E-state index contributed by atoms with van der Waals surface area (Å²) in [6, 6.07) is 5.24. The summed E-state index contributed by atoms with van der Waals surface area (Å²) in [6.07, 6.45) is -1.54. The lowest BCUT2D eigenvalue weighted by atomic mass is 10.1. The number of fused-ring (bicyclic) bond motifs is 1. The Balaban J connectivity index is 1.42. The monoisotopic (exact) mass is 442 g/mol. The van der Waals surface area contributed by atoms with Crippen molar-refractivity contribution in [3.05, 3.63) is 47.3 Å². The van der Waals surface area contributed by atoms with Gasteiger partial charge in [-0.2, -0.15) is 22.6 Å². The van der Waals surface area contributed by atoms with E-state index in [0.29, 0.717) is 5.69 Å². The van der Waals surface area contributed by atoms with Crippen molar-refractivity contribution in [1.82, 2.24) is 19.0 Å². The summed E-state index contributed by atoms with van der Waals surface area (Å²) < 4.78 is 66.6. The minimum absolute atomic E-state index is 0.0721. The van der Waals surface area contributed by atoms with Crippen LogP contribution in [0.15, 0.2) is 35.2 Å². The van der Waals surface area contributed by atoms with Crippen LogP contribution in [0.3, 0.4) is 0 Å². The van der Waals surface area contributed by atoms with Gasteiger partial charge in [-0.25, -0.2) is 8.42 Å². The summed E-state index contributed by atoms with van der Waals surface area (Å²) in [7, 11) is -3.93. The molecule has 7 nitrogen and oxygen atoms in total. The maximum Gasteiger partial charge on any atom is 0.416 e. The van der Waals surface area contributed by atoms with Crippen molar-refractivity contribution >= 4 is 15.9 Å². The molecule has 11 heteroatoms. The molecule has 1 aromatic carbocycles. The Morgan fingerprint density at radius 3 is 2.23 bits per heavy atom. The molecule has 1 aromatic heterocycles. The van der Waals surface area contributed by atoms with E-state index in [9.17, 15) is 26.4 Å². The molecule has 0 atom stereocenters. The minimum atomic E-state index is -4.53. The van der Waals surface area contributed by atoms with E-state index in [1.165, 1.54) is 4.31 Å². The van der Waals surface area contributed by atoms with Crippen molar-refractivity contribution in [1.29, 1.82) is 0 Å². The van der Waals surface area contributed by atoms with E-state index in [1.54, 1.807) is 11.0 Å². The average Bonchev–Trinajstić information content (AvgIpc) is 3.17. The van der Waals surface area contributed by atoms with Gasteiger partial charge < -0.3 is 4.90 Å². The Kier molecular flexibility index (Phi) is 5.35. The van der Waals surface area contributed by atoms with Crippen molar-refractivity contribution in [2.75, 3.05) is 26.2 Å². The third-order valence-electron chi connectivity index (χ3n) is 5.48. The molecule has 4 rings (SSSR count). The minimum Gasteiger partial charge on any atom is -0.335 e. The number of halogens is 3. The Morgan fingerprint density at radius 2 is 1.63 bits per heavy atom. The highest BCUT2D eigenvalue weighted by molar-refractivity contribution is 7.89. The summed E-state index contributed by atoms with van der Waals surface area (Å²) in [5, 5.41) is 4.37. The Labute approximate surface area is 172 Å². The maximum atomic E-state index is 12.8. The molecule has 2 aliphatic rings. The predicted molar refractivity (Wildman–Crippen MR) is 101 cm³/mol. The summed E-state index contributed by atoms with van der Waals surface area (Å²) in [4.78, 5) is 14.1. The van der Waals surface area contributed by atoms with Crippen molar-refractivity contribution < 1.29 is 26.4 Å². The van der Waals surface area contributed by atoms with Crippen molar-refractivity contribution in [3.8, 4) is 0 Å². The average molecular weight is 442 g/mol.